The van der Waals surface area contributed by atoms with Gasteiger partial charge in [0.2, 0.25) is 0 Å². The Morgan fingerprint density at radius 3 is 2.64 bits per heavy atom. The van der Waals surface area contributed by atoms with Crippen molar-refractivity contribution in [1.82, 2.24) is 9.97 Å². The number of nitrogens with zero attached hydrogens (tertiary/aromatic N) is 2. The van der Waals surface area contributed by atoms with Crippen LogP contribution in [-0.2, 0) is 9.53 Å². The van der Waals surface area contributed by atoms with Crippen LogP contribution in [0.15, 0.2) is 48.8 Å². The number of rotatable bonds is 4. The number of esters is 1. The summed E-state index contributed by atoms with van der Waals surface area (Å²) in [7, 11) is 0. The maximum atomic E-state index is 12.3. The number of hydrogen-bond donors (Lipinski definition) is 1. The molecule has 25 heavy (non-hydrogen) atoms. The number of aromatic nitrogens is 2. The lowest BCUT2D eigenvalue weighted by Crippen LogP contribution is -2.21. The second kappa shape index (κ2) is 7.09. The molecule has 126 valence electrons. The number of benzene rings is 2. The molecule has 0 atom stereocenters. The zero-order valence-electron chi connectivity index (χ0n) is 13.9. The molecule has 3 aromatic rings. The van der Waals surface area contributed by atoms with E-state index in [0.29, 0.717) is 16.7 Å². The number of hydrogen-bond acceptors (Lipinski definition) is 5. The molecule has 0 saturated heterocycles. The van der Waals surface area contributed by atoms with Gasteiger partial charge in [-0.2, -0.15) is 0 Å². The first kappa shape index (κ1) is 16.6. The summed E-state index contributed by atoms with van der Waals surface area (Å²) < 4.78 is 5.12. The fraction of sp³-hybridized carbons (Fsp3) is 0.158. The van der Waals surface area contributed by atoms with Gasteiger partial charge < -0.3 is 10.1 Å². The van der Waals surface area contributed by atoms with E-state index in [-0.39, 0.29) is 12.2 Å². The fourth-order valence-electron chi connectivity index (χ4n) is 2.44. The lowest BCUT2D eigenvalue weighted by atomic mass is 10.1. The Labute approximate surface area is 144 Å². The van der Waals surface area contributed by atoms with Crippen LogP contribution in [0.1, 0.15) is 21.5 Å². The Hall–Kier alpha value is -3.28. The number of carbonyl (C=O) groups excluding carboxylic acids is 2. The molecule has 2 aromatic carbocycles. The van der Waals surface area contributed by atoms with Gasteiger partial charge in [0.25, 0.3) is 5.91 Å². The quantitative estimate of drug-likeness (QED) is 0.741. The van der Waals surface area contributed by atoms with E-state index in [1.807, 2.05) is 32.0 Å². The van der Waals surface area contributed by atoms with Gasteiger partial charge in [-0.15, -0.1) is 0 Å². The fourth-order valence-corrected chi connectivity index (χ4v) is 2.44. The first-order valence-corrected chi connectivity index (χ1v) is 7.79. The summed E-state index contributed by atoms with van der Waals surface area (Å²) in [6.07, 6.45) is 3.06. The Bertz CT molecular complexity index is 948. The average molecular weight is 335 g/mol. The van der Waals surface area contributed by atoms with Gasteiger partial charge in [-0.1, -0.05) is 18.2 Å². The molecule has 1 N–H and O–H groups in total. The van der Waals surface area contributed by atoms with Crippen molar-refractivity contribution in [3.8, 4) is 0 Å². The van der Waals surface area contributed by atoms with Crippen molar-refractivity contribution in [3.05, 3.63) is 65.5 Å². The van der Waals surface area contributed by atoms with Crippen molar-refractivity contribution < 1.29 is 14.3 Å². The van der Waals surface area contributed by atoms with E-state index in [4.69, 9.17) is 4.74 Å². The van der Waals surface area contributed by atoms with Gasteiger partial charge in [0.15, 0.2) is 6.61 Å². The summed E-state index contributed by atoms with van der Waals surface area (Å²) in [6, 6.07) is 10.7. The minimum Gasteiger partial charge on any atom is -0.452 e. The number of anilines is 1. The lowest BCUT2D eigenvalue weighted by molar-refractivity contribution is -0.119. The number of nitrogens with one attached hydrogen (secondary N) is 1. The molecular formula is C19H17N3O3. The Morgan fingerprint density at radius 2 is 1.80 bits per heavy atom. The molecule has 0 fully saturated rings. The number of carbonyl (C=O) groups is 2. The van der Waals surface area contributed by atoms with Crippen molar-refractivity contribution in [2.45, 2.75) is 13.8 Å². The molecule has 0 saturated carbocycles. The lowest BCUT2D eigenvalue weighted by Gasteiger charge is -2.11. The monoisotopic (exact) mass is 335 g/mol. The summed E-state index contributed by atoms with van der Waals surface area (Å²) in [6.45, 7) is 3.52. The van der Waals surface area contributed by atoms with Crippen LogP contribution in [0.4, 0.5) is 5.69 Å². The molecule has 1 amide bonds. The number of amides is 1. The van der Waals surface area contributed by atoms with Crippen LogP contribution < -0.4 is 5.32 Å². The third-order valence-corrected chi connectivity index (χ3v) is 3.93. The second-order valence-electron chi connectivity index (χ2n) is 5.60. The van der Waals surface area contributed by atoms with E-state index in [1.54, 1.807) is 24.4 Å². The molecule has 0 aliphatic carbocycles. The molecule has 3 rings (SSSR count). The average Bonchev–Trinajstić information content (AvgIpc) is 2.63. The number of para-hydroxylation sites is 1. The molecule has 1 aromatic heterocycles. The minimum atomic E-state index is -0.609. The predicted molar refractivity (Wildman–Crippen MR) is 94.4 cm³/mol. The van der Waals surface area contributed by atoms with Gasteiger partial charge in [0, 0.05) is 18.1 Å². The maximum absolute atomic E-state index is 12.3. The normalized spacial score (nSPS) is 10.5. The molecular weight excluding hydrogens is 318 g/mol. The molecule has 0 spiro atoms. The third kappa shape index (κ3) is 3.63. The van der Waals surface area contributed by atoms with Crippen molar-refractivity contribution in [3.63, 3.8) is 0 Å². The highest BCUT2D eigenvalue weighted by atomic mass is 16.5. The van der Waals surface area contributed by atoms with E-state index in [9.17, 15) is 9.59 Å². The highest BCUT2D eigenvalue weighted by Crippen LogP contribution is 2.18. The number of ether oxygens (including phenoxy) is 1. The van der Waals surface area contributed by atoms with Crippen molar-refractivity contribution >= 4 is 28.6 Å². The topological polar surface area (TPSA) is 81.2 Å². The van der Waals surface area contributed by atoms with Crippen LogP contribution in [0.25, 0.3) is 11.0 Å². The van der Waals surface area contributed by atoms with Crippen LogP contribution in [0, 0.1) is 13.8 Å². The zero-order valence-corrected chi connectivity index (χ0v) is 13.9. The first-order chi connectivity index (χ1) is 12.1. The summed E-state index contributed by atoms with van der Waals surface area (Å²) in [5.74, 6) is -1.00. The van der Waals surface area contributed by atoms with Gasteiger partial charge in [-0.25, -0.2) is 4.79 Å². The second-order valence-corrected chi connectivity index (χ2v) is 5.60. The summed E-state index contributed by atoms with van der Waals surface area (Å²) in [5, 5.41) is 2.75. The minimum absolute atomic E-state index is 0.283. The molecule has 6 heteroatoms. The van der Waals surface area contributed by atoms with Crippen molar-refractivity contribution in [2.24, 2.45) is 0 Å². The maximum Gasteiger partial charge on any atom is 0.340 e. The van der Waals surface area contributed by atoms with Crippen LogP contribution in [0.3, 0.4) is 0 Å². The molecule has 0 aliphatic rings. The van der Waals surface area contributed by atoms with Gasteiger partial charge in [-0.05, 0) is 43.2 Å². The number of fused-ring (bicyclic) bond motifs is 1. The summed E-state index contributed by atoms with van der Waals surface area (Å²) in [5.41, 5.74) is 4.08. The zero-order chi connectivity index (χ0) is 17.8. The van der Waals surface area contributed by atoms with Crippen LogP contribution in [-0.4, -0.2) is 28.5 Å². The van der Waals surface area contributed by atoms with E-state index in [2.05, 4.69) is 15.3 Å². The van der Waals surface area contributed by atoms with Crippen LogP contribution in [0.2, 0.25) is 0 Å². The van der Waals surface area contributed by atoms with Crippen molar-refractivity contribution in [1.29, 1.82) is 0 Å². The summed E-state index contributed by atoms with van der Waals surface area (Å²) >= 11 is 0. The van der Waals surface area contributed by atoms with E-state index in [1.165, 1.54) is 6.20 Å². The molecule has 6 nitrogen and oxygen atoms in total. The van der Waals surface area contributed by atoms with Crippen LogP contribution >= 0.6 is 0 Å². The Morgan fingerprint density at radius 1 is 1.04 bits per heavy atom. The van der Waals surface area contributed by atoms with E-state index in [0.717, 1.165) is 11.1 Å². The van der Waals surface area contributed by atoms with Crippen molar-refractivity contribution in [2.75, 3.05) is 11.9 Å². The van der Waals surface area contributed by atoms with Gasteiger partial charge in [-0.3, -0.25) is 14.8 Å². The SMILES string of the molecule is Cc1cccc(NC(=O)COC(=O)c2cccc3nccnc23)c1C. The first-order valence-electron chi connectivity index (χ1n) is 7.79. The summed E-state index contributed by atoms with van der Waals surface area (Å²) in [4.78, 5) is 32.6. The smallest absolute Gasteiger partial charge is 0.340 e. The molecule has 1 heterocycles. The molecule has 0 bridgehead atoms. The van der Waals surface area contributed by atoms with Gasteiger partial charge in [0.1, 0.15) is 5.52 Å². The molecule has 0 unspecified atom stereocenters. The van der Waals surface area contributed by atoms with Crippen LogP contribution in [0.5, 0.6) is 0 Å². The molecule has 0 aliphatic heterocycles. The number of aryl methyl sites for hydroxylation is 1. The van der Waals surface area contributed by atoms with Gasteiger partial charge >= 0.3 is 5.97 Å². The third-order valence-electron chi connectivity index (χ3n) is 3.93. The van der Waals surface area contributed by atoms with E-state index >= 15 is 0 Å². The standard InChI is InChI=1S/C19H17N3O3/c1-12-5-3-7-15(13(12)2)22-17(23)11-25-19(24)14-6-4-8-16-18(14)21-10-9-20-16/h3-10H,11H2,1-2H3,(H,22,23). The Kier molecular flexibility index (Phi) is 4.70. The highest BCUT2D eigenvalue weighted by Gasteiger charge is 2.15. The highest BCUT2D eigenvalue weighted by molar-refractivity contribution is 6.03. The predicted octanol–water partition coefficient (Wildman–Crippen LogP) is 3.04. The van der Waals surface area contributed by atoms with E-state index < -0.39 is 11.9 Å². The largest absolute Gasteiger partial charge is 0.452 e. The Balaban J connectivity index is 1.67. The van der Waals surface area contributed by atoms with Gasteiger partial charge in [0.05, 0.1) is 11.1 Å². The molecule has 0 radical (unpaired) electrons.